The van der Waals surface area contributed by atoms with Crippen LogP contribution in [-0.4, -0.2) is 65.6 Å². The molecule has 1 aromatic carbocycles. The number of amides is 2. The molecule has 5 atom stereocenters. The molecule has 0 bridgehead atoms. The van der Waals surface area contributed by atoms with E-state index < -0.39 is 31.6 Å². The number of aliphatic hydroxyl groups excluding tert-OH is 1. The van der Waals surface area contributed by atoms with Crippen LogP contribution in [0.15, 0.2) is 24.4 Å². The molecule has 4 N–H and O–H groups in total. The van der Waals surface area contributed by atoms with E-state index in [0.717, 1.165) is 19.4 Å². The number of aryl methyl sites for hydroxylation is 1. The number of aromatic nitrogens is 3. The minimum atomic E-state index is -3.26. The second kappa shape index (κ2) is 9.90. The summed E-state index contributed by atoms with van der Waals surface area (Å²) >= 11 is 0. The molecule has 200 valence electrons. The molecule has 5 rings (SSSR count). The zero-order valence-electron chi connectivity index (χ0n) is 21.5. The lowest BCUT2D eigenvalue weighted by molar-refractivity contribution is -0.143. The zero-order chi connectivity index (χ0) is 26.4. The van der Waals surface area contributed by atoms with Gasteiger partial charge in [0.1, 0.15) is 0 Å². The van der Waals surface area contributed by atoms with Crippen molar-refractivity contribution in [3.05, 3.63) is 35.7 Å². The smallest absolute Gasteiger partial charge is 0.261 e. The van der Waals surface area contributed by atoms with Crippen LogP contribution >= 0.6 is 0 Å². The van der Waals surface area contributed by atoms with Gasteiger partial charge in [-0.2, -0.15) is 0 Å². The number of ether oxygens (including phenoxy) is 1. The molecule has 0 saturated carbocycles. The van der Waals surface area contributed by atoms with E-state index in [1.165, 1.54) is 0 Å². The lowest BCUT2D eigenvalue weighted by atomic mass is 9.82. The number of hydrogen-bond acceptors (Lipinski definition) is 7. The molecule has 0 radical (unpaired) electrons. The Hall–Kier alpha value is -2.67. The molecule has 2 fully saturated rings. The molecule has 2 aromatic rings. The van der Waals surface area contributed by atoms with Crippen LogP contribution in [0.2, 0.25) is 18.6 Å². The molecule has 3 aliphatic heterocycles. The minimum absolute atomic E-state index is 0.0116. The maximum absolute atomic E-state index is 15.8. The van der Waals surface area contributed by atoms with E-state index >= 15 is 4.11 Å². The van der Waals surface area contributed by atoms with Gasteiger partial charge in [0.05, 0.1) is 17.8 Å². The Balaban J connectivity index is 1.42. The second-order valence-electron chi connectivity index (χ2n) is 10.9. The second-order valence-corrected chi connectivity index (χ2v) is 14.7. The Kier molecular flexibility index (Phi) is 6.94. The highest BCUT2D eigenvalue weighted by Crippen LogP contribution is 2.59. The Morgan fingerprint density at radius 3 is 2.92 bits per heavy atom. The lowest BCUT2D eigenvalue weighted by Gasteiger charge is -2.30. The van der Waals surface area contributed by atoms with Crippen molar-refractivity contribution in [2.24, 2.45) is 5.92 Å². The van der Waals surface area contributed by atoms with E-state index in [9.17, 15) is 9.59 Å². The summed E-state index contributed by atoms with van der Waals surface area (Å²) in [5, 5.41) is 26.4. The Bertz CT molecular complexity index is 1180. The molecular formula is C25H35FN6O4Si. The molecular weight excluding hydrogens is 495 g/mol. The highest BCUT2D eigenvalue weighted by atomic mass is 28.4. The fourth-order valence-corrected chi connectivity index (χ4v) is 8.83. The number of carbonyl (C=O) groups is 2. The Morgan fingerprint density at radius 2 is 2.22 bits per heavy atom. The molecule has 1 spiro atoms. The number of carbonyl (C=O) groups excluding carboxylic acids is 2. The number of hydrogen-bond donors (Lipinski definition) is 4. The fraction of sp³-hybridized carbons (Fsp3) is 0.600. The van der Waals surface area contributed by atoms with Gasteiger partial charge in [0.15, 0.2) is 5.60 Å². The van der Waals surface area contributed by atoms with Crippen molar-refractivity contribution in [3.8, 4) is 0 Å². The zero-order valence-corrected chi connectivity index (χ0v) is 22.5. The van der Waals surface area contributed by atoms with Crippen molar-refractivity contribution < 1.29 is 23.5 Å². The quantitative estimate of drug-likeness (QED) is 0.304. The van der Waals surface area contributed by atoms with Gasteiger partial charge in [-0.05, 0) is 57.1 Å². The maximum atomic E-state index is 15.8. The first kappa shape index (κ1) is 26.0. The number of anilines is 2. The van der Waals surface area contributed by atoms with Crippen molar-refractivity contribution in [1.82, 2.24) is 20.3 Å². The molecule has 12 heteroatoms. The average molecular weight is 531 g/mol. The average Bonchev–Trinajstić information content (AvgIpc) is 3.61. The van der Waals surface area contributed by atoms with E-state index in [4.69, 9.17) is 9.84 Å². The van der Waals surface area contributed by atoms with Crippen LogP contribution in [0.4, 0.5) is 15.5 Å². The maximum Gasteiger partial charge on any atom is 0.261 e. The summed E-state index contributed by atoms with van der Waals surface area (Å²) in [5.41, 5.74) is 0.765. The number of nitrogens with zero attached hydrogens (tertiary/aromatic N) is 3. The van der Waals surface area contributed by atoms with E-state index in [1.54, 1.807) is 42.2 Å². The van der Waals surface area contributed by atoms with Gasteiger partial charge in [-0.1, -0.05) is 12.1 Å². The SMILES string of the molecule is C[C@H]1[C@H]([Si](C)(C)F)[C@@H](CCn2cc(CCO)nn2)O[C@]12C(=O)Nc1ccc(NC(=O)[C@H]3CCCN3)cc12. The predicted octanol–water partition coefficient (Wildman–Crippen LogP) is 2.32. The number of aliphatic hydroxyl groups is 1. The van der Waals surface area contributed by atoms with E-state index in [1.807, 2.05) is 6.92 Å². The molecule has 3 aliphatic rings. The summed E-state index contributed by atoms with van der Waals surface area (Å²) < 4.78 is 24.0. The number of rotatable bonds is 8. The van der Waals surface area contributed by atoms with Gasteiger partial charge in [0.25, 0.3) is 5.91 Å². The van der Waals surface area contributed by atoms with Gasteiger partial charge in [-0.15, -0.1) is 5.10 Å². The summed E-state index contributed by atoms with van der Waals surface area (Å²) in [6.45, 7) is 6.48. The van der Waals surface area contributed by atoms with Crippen LogP contribution in [0.25, 0.3) is 0 Å². The van der Waals surface area contributed by atoms with Crippen molar-refractivity contribution in [1.29, 1.82) is 0 Å². The van der Waals surface area contributed by atoms with Crippen molar-refractivity contribution >= 4 is 31.6 Å². The normalized spacial score (nSPS) is 29.1. The topological polar surface area (TPSA) is 130 Å². The molecule has 10 nitrogen and oxygen atoms in total. The first-order valence-corrected chi connectivity index (χ1v) is 16.0. The number of nitrogens with one attached hydrogen (secondary N) is 3. The van der Waals surface area contributed by atoms with Crippen molar-refractivity contribution in [2.75, 3.05) is 23.8 Å². The number of fused-ring (bicyclic) bond motifs is 2. The molecule has 2 saturated heterocycles. The van der Waals surface area contributed by atoms with Gasteiger partial charge in [0, 0.05) is 54.2 Å². The van der Waals surface area contributed by atoms with E-state index in [-0.39, 0.29) is 24.5 Å². The first-order valence-electron chi connectivity index (χ1n) is 13.0. The van der Waals surface area contributed by atoms with Gasteiger partial charge in [-0.25, -0.2) is 0 Å². The molecule has 0 unspecified atom stereocenters. The highest BCUT2D eigenvalue weighted by Gasteiger charge is 2.65. The summed E-state index contributed by atoms with van der Waals surface area (Å²) in [4.78, 5) is 26.2. The van der Waals surface area contributed by atoms with Crippen LogP contribution in [-0.2, 0) is 32.9 Å². The van der Waals surface area contributed by atoms with Crippen LogP contribution in [0.5, 0.6) is 0 Å². The highest BCUT2D eigenvalue weighted by molar-refractivity contribution is 6.72. The monoisotopic (exact) mass is 530 g/mol. The predicted molar refractivity (Wildman–Crippen MR) is 138 cm³/mol. The van der Waals surface area contributed by atoms with Gasteiger partial charge >= 0.3 is 0 Å². The molecule has 37 heavy (non-hydrogen) atoms. The summed E-state index contributed by atoms with van der Waals surface area (Å²) in [6.07, 6.45) is 3.89. The summed E-state index contributed by atoms with van der Waals surface area (Å²) in [6, 6.07) is 5.10. The minimum Gasteiger partial charge on any atom is -0.396 e. The number of benzene rings is 1. The van der Waals surface area contributed by atoms with Crippen LogP contribution < -0.4 is 16.0 Å². The van der Waals surface area contributed by atoms with Gasteiger partial charge in [-0.3, -0.25) is 14.3 Å². The molecule has 0 aliphatic carbocycles. The Morgan fingerprint density at radius 1 is 1.41 bits per heavy atom. The van der Waals surface area contributed by atoms with Gasteiger partial charge < -0.3 is 29.9 Å². The van der Waals surface area contributed by atoms with Gasteiger partial charge in [0.2, 0.25) is 14.3 Å². The third-order valence-corrected chi connectivity index (χ3v) is 10.4. The number of halogens is 1. The van der Waals surface area contributed by atoms with Crippen LogP contribution in [0.3, 0.4) is 0 Å². The largest absolute Gasteiger partial charge is 0.396 e. The van der Waals surface area contributed by atoms with Crippen LogP contribution in [0.1, 0.15) is 37.4 Å². The third kappa shape index (κ3) is 4.71. The molecule has 1 aromatic heterocycles. The standard InChI is InChI=1S/C25H35FN6O4Si/c1-15-22(37(2,3)26)21(8-11-32-14-17(9-12-33)30-31-32)36-25(15)18-13-16(6-7-19(18)29-24(25)35)28-23(34)20-5-4-10-27-20/h6-7,13-15,20-22,27,33H,4-5,8-12H2,1-3H3,(H,28,34)(H,29,35)/t15-,20+,21+,22-,25+/m0/s1. The molecule has 4 heterocycles. The lowest BCUT2D eigenvalue weighted by Crippen LogP contribution is -2.42. The first-order chi connectivity index (χ1) is 17.6. The Labute approximate surface area is 216 Å². The fourth-order valence-electron chi connectivity index (χ4n) is 6.29. The van der Waals surface area contributed by atoms with Crippen molar-refractivity contribution in [2.45, 2.75) is 75.5 Å². The summed E-state index contributed by atoms with van der Waals surface area (Å²) in [7, 11) is -3.26. The molecule has 2 amide bonds. The van der Waals surface area contributed by atoms with E-state index in [0.29, 0.717) is 42.0 Å². The summed E-state index contributed by atoms with van der Waals surface area (Å²) in [5.74, 6) is -0.813. The van der Waals surface area contributed by atoms with Crippen LogP contribution in [0, 0.1) is 5.92 Å². The van der Waals surface area contributed by atoms with E-state index in [2.05, 4.69) is 26.3 Å². The van der Waals surface area contributed by atoms with Crippen molar-refractivity contribution in [3.63, 3.8) is 0 Å². The third-order valence-electron chi connectivity index (χ3n) is 7.96.